The molecule has 1 atom stereocenters. The number of carbonyl (C=O) groups is 1. The molecular formula is C9H17O3-. The molecule has 0 bridgehead atoms. The lowest BCUT2D eigenvalue weighted by Gasteiger charge is -2.12. The zero-order chi connectivity index (χ0) is 9.40. The fraction of sp³-hybridized carbons (Fsp3) is 0.889. The zero-order valence-corrected chi connectivity index (χ0v) is 7.84. The van der Waals surface area contributed by atoms with Crippen molar-refractivity contribution in [3.8, 4) is 0 Å². The maximum atomic E-state index is 11.0. The van der Waals surface area contributed by atoms with Gasteiger partial charge in [0, 0.05) is 0 Å². The number of esters is 1. The molecule has 3 nitrogen and oxygen atoms in total. The van der Waals surface area contributed by atoms with Crippen molar-refractivity contribution in [3.05, 3.63) is 0 Å². The van der Waals surface area contributed by atoms with Crippen LogP contribution in [0.1, 0.15) is 32.6 Å². The predicted octanol–water partition coefficient (Wildman–Crippen LogP) is 0.716. The zero-order valence-electron chi connectivity index (χ0n) is 7.84. The molecule has 72 valence electrons. The molecule has 0 spiro atoms. The minimum absolute atomic E-state index is 0.0125. The van der Waals surface area contributed by atoms with Crippen LogP contribution in [0.3, 0.4) is 0 Å². The Bertz CT molecular complexity index is 123. The molecule has 0 aliphatic carbocycles. The van der Waals surface area contributed by atoms with E-state index in [0.717, 1.165) is 19.3 Å². The van der Waals surface area contributed by atoms with E-state index in [0.29, 0.717) is 6.42 Å². The van der Waals surface area contributed by atoms with Gasteiger partial charge in [-0.15, -0.1) is 6.61 Å². The summed E-state index contributed by atoms with van der Waals surface area (Å²) in [7, 11) is 1.40. The molecule has 0 aliphatic rings. The molecule has 0 rings (SSSR count). The summed E-state index contributed by atoms with van der Waals surface area (Å²) in [6.07, 6.45) is 3.07. The van der Waals surface area contributed by atoms with E-state index in [1.807, 2.05) is 6.92 Å². The van der Waals surface area contributed by atoms with Crippen LogP contribution < -0.4 is 5.11 Å². The highest BCUT2D eigenvalue weighted by atomic mass is 16.5. The predicted molar refractivity (Wildman–Crippen MR) is 44.5 cm³/mol. The smallest absolute Gasteiger partial charge is 0.308 e. The first-order valence-corrected chi connectivity index (χ1v) is 4.42. The Hall–Kier alpha value is -0.570. The van der Waals surface area contributed by atoms with Crippen molar-refractivity contribution < 1.29 is 14.6 Å². The van der Waals surface area contributed by atoms with Crippen LogP contribution in [-0.2, 0) is 9.53 Å². The monoisotopic (exact) mass is 173 g/mol. The van der Waals surface area contributed by atoms with Crippen LogP contribution in [-0.4, -0.2) is 19.7 Å². The van der Waals surface area contributed by atoms with Crippen molar-refractivity contribution in [1.29, 1.82) is 0 Å². The van der Waals surface area contributed by atoms with Gasteiger partial charge in [-0.3, -0.25) is 4.79 Å². The molecule has 0 aromatic carbocycles. The number of unbranched alkanes of at least 4 members (excludes halogenated alkanes) is 1. The minimum Gasteiger partial charge on any atom is -0.854 e. The van der Waals surface area contributed by atoms with Crippen LogP contribution in [0, 0.1) is 5.92 Å². The summed E-state index contributed by atoms with van der Waals surface area (Å²) in [5.74, 6) is -0.162. The van der Waals surface area contributed by atoms with E-state index in [1.54, 1.807) is 0 Å². The number of methoxy groups -OCH3 is 1. The summed E-state index contributed by atoms with van der Waals surface area (Å²) < 4.78 is 4.62. The van der Waals surface area contributed by atoms with E-state index >= 15 is 0 Å². The van der Waals surface area contributed by atoms with Gasteiger partial charge in [0.2, 0.25) is 0 Å². The van der Waals surface area contributed by atoms with Crippen molar-refractivity contribution in [2.24, 2.45) is 5.92 Å². The molecular weight excluding hydrogens is 156 g/mol. The number of carbonyl (C=O) groups excluding carboxylic acids is 1. The highest BCUT2D eigenvalue weighted by Crippen LogP contribution is 2.13. The molecule has 0 aromatic heterocycles. The van der Waals surface area contributed by atoms with E-state index in [9.17, 15) is 9.90 Å². The third-order valence-corrected chi connectivity index (χ3v) is 1.97. The highest BCUT2D eigenvalue weighted by molar-refractivity contribution is 5.72. The van der Waals surface area contributed by atoms with Gasteiger partial charge >= 0.3 is 5.97 Å². The first kappa shape index (κ1) is 11.4. The summed E-state index contributed by atoms with van der Waals surface area (Å²) in [6, 6.07) is 0. The van der Waals surface area contributed by atoms with Gasteiger partial charge in [0.25, 0.3) is 0 Å². The number of hydrogen-bond acceptors (Lipinski definition) is 3. The van der Waals surface area contributed by atoms with Crippen molar-refractivity contribution in [1.82, 2.24) is 0 Å². The summed E-state index contributed by atoms with van der Waals surface area (Å²) in [5, 5.41) is 10.1. The van der Waals surface area contributed by atoms with Crippen molar-refractivity contribution in [2.45, 2.75) is 32.6 Å². The fourth-order valence-electron chi connectivity index (χ4n) is 1.15. The van der Waals surface area contributed by atoms with E-state index < -0.39 is 0 Å². The lowest BCUT2D eigenvalue weighted by atomic mass is 10.00. The van der Waals surface area contributed by atoms with Gasteiger partial charge in [-0.2, -0.15) is 0 Å². The van der Waals surface area contributed by atoms with Crippen LogP contribution in [0.2, 0.25) is 0 Å². The molecule has 12 heavy (non-hydrogen) atoms. The molecule has 0 amide bonds. The second-order valence-corrected chi connectivity index (χ2v) is 2.83. The fourth-order valence-corrected chi connectivity index (χ4v) is 1.15. The Morgan fingerprint density at radius 3 is 2.58 bits per heavy atom. The molecule has 0 heterocycles. The summed E-state index contributed by atoms with van der Waals surface area (Å²) >= 11 is 0. The van der Waals surface area contributed by atoms with Gasteiger partial charge in [-0.25, -0.2) is 0 Å². The Morgan fingerprint density at radius 1 is 1.50 bits per heavy atom. The maximum Gasteiger partial charge on any atom is 0.308 e. The number of ether oxygens (including phenoxy) is 1. The normalized spacial score (nSPS) is 12.6. The highest BCUT2D eigenvalue weighted by Gasteiger charge is 2.15. The van der Waals surface area contributed by atoms with Gasteiger partial charge < -0.3 is 9.84 Å². The number of rotatable bonds is 6. The first-order valence-electron chi connectivity index (χ1n) is 4.42. The van der Waals surface area contributed by atoms with E-state index in [1.165, 1.54) is 7.11 Å². The van der Waals surface area contributed by atoms with Gasteiger partial charge in [-0.05, 0) is 12.8 Å². The minimum atomic E-state index is -0.150. The molecule has 0 aliphatic heterocycles. The van der Waals surface area contributed by atoms with Crippen LogP contribution in [0.4, 0.5) is 0 Å². The lowest BCUT2D eigenvalue weighted by molar-refractivity contribution is -0.368. The van der Waals surface area contributed by atoms with Crippen molar-refractivity contribution in [2.75, 3.05) is 13.7 Å². The quantitative estimate of drug-likeness (QED) is 0.439. The van der Waals surface area contributed by atoms with Crippen LogP contribution in [0.5, 0.6) is 0 Å². The Morgan fingerprint density at radius 2 is 2.17 bits per heavy atom. The molecule has 0 radical (unpaired) electrons. The van der Waals surface area contributed by atoms with Crippen LogP contribution >= 0.6 is 0 Å². The maximum absolute atomic E-state index is 11.0. The topological polar surface area (TPSA) is 49.4 Å². The summed E-state index contributed by atoms with van der Waals surface area (Å²) in [4.78, 5) is 11.0. The SMILES string of the molecule is CCC(CCCC[O-])C(=O)OC. The third kappa shape index (κ3) is 4.34. The van der Waals surface area contributed by atoms with Crippen molar-refractivity contribution >= 4 is 5.97 Å². The first-order chi connectivity index (χ1) is 5.76. The molecule has 3 heteroatoms. The van der Waals surface area contributed by atoms with Crippen LogP contribution in [0.25, 0.3) is 0 Å². The standard InChI is InChI=1S/C9H17O3/c1-3-8(9(11)12-2)6-4-5-7-10/h8H,3-7H2,1-2H3/q-1. The average Bonchev–Trinajstić information content (AvgIpc) is 2.11. The van der Waals surface area contributed by atoms with Gasteiger partial charge in [0.05, 0.1) is 13.0 Å². The van der Waals surface area contributed by atoms with E-state index in [4.69, 9.17) is 0 Å². The largest absolute Gasteiger partial charge is 0.854 e. The molecule has 0 N–H and O–H groups in total. The molecule has 0 saturated heterocycles. The molecule has 0 saturated carbocycles. The Labute approximate surface area is 73.7 Å². The second kappa shape index (κ2) is 7.10. The Kier molecular flexibility index (Phi) is 6.76. The number of hydrogen-bond donors (Lipinski definition) is 0. The molecule has 0 aromatic rings. The van der Waals surface area contributed by atoms with E-state index in [2.05, 4.69) is 4.74 Å². The van der Waals surface area contributed by atoms with Gasteiger partial charge in [0.1, 0.15) is 0 Å². The lowest BCUT2D eigenvalue weighted by Crippen LogP contribution is -2.16. The molecule has 1 unspecified atom stereocenters. The Balaban J connectivity index is 3.60. The third-order valence-electron chi connectivity index (χ3n) is 1.97. The van der Waals surface area contributed by atoms with Gasteiger partial charge in [-0.1, -0.05) is 19.8 Å². The summed E-state index contributed by atoms with van der Waals surface area (Å²) in [6.45, 7) is 1.91. The van der Waals surface area contributed by atoms with Crippen molar-refractivity contribution in [3.63, 3.8) is 0 Å². The molecule has 0 fully saturated rings. The summed E-state index contributed by atoms with van der Waals surface area (Å²) in [5.41, 5.74) is 0. The van der Waals surface area contributed by atoms with E-state index in [-0.39, 0.29) is 18.5 Å². The van der Waals surface area contributed by atoms with Crippen LogP contribution in [0.15, 0.2) is 0 Å². The second-order valence-electron chi connectivity index (χ2n) is 2.83. The average molecular weight is 173 g/mol. The van der Waals surface area contributed by atoms with Gasteiger partial charge in [0.15, 0.2) is 0 Å².